The average Bonchev–Trinajstić information content (AvgIpc) is 3.57. The fourth-order valence-corrected chi connectivity index (χ4v) is 5.03. The fraction of sp³-hybridized carbons (Fsp3) is 0.214. The lowest BCUT2D eigenvalue weighted by molar-refractivity contribution is 0.301. The molecule has 2 aromatic carbocycles. The maximum Gasteiger partial charge on any atom is 0.150 e. The number of pyridine rings is 1. The number of thiophene rings is 1. The standard InChI is InChI=1S/C28H25N5O2S/c1-4-5-20(15-27-30-32-33-31-27)19-6-9-22(10-7-19)35-16-21-8-13-26-28(29-21)25(17-36-26)24-12-11-23(34-3)14-18(24)2/h6-14,17,20H,15-16H2,1-3H3,(H,30,31,32,33)/t20-/m0/s1. The lowest BCUT2D eigenvalue weighted by Crippen LogP contribution is -2.03. The molecule has 0 amide bonds. The van der Waals surface area contributed by atoms with Crippen LogP contribution in [-0.2, 0) is 13.0 Å². The van der Waals surface area contributed by atoms with Crippen LogP contribution in [0.5, 0.6) is 11.5 Å². The highest BCUT2D eigenvalue weighted by Gasteiger charge is 2.14. The lowest BCUT2D eigenvalue weighted by Gasteiger charge is -2.11. The molecule has 0 radical (unpaired) electrons. The molecule has 0 saturated carbocycles. The van der Waals surface area contributed by atoms with E-state index >= 15 is 0 Å². The highest BCUT2D eigenvalue weighted by atomic mass is 32.1. The molecule has 5 aromatic rings. The third-order valence-electron chi connectivity index (χ3n) is 5.97. The molecule has 1 N–H and O–H groups in total. The monoisotopic (exact) mass is 495 g/mol. The van der Waals surface area contributed by atoms with Gasteiger partial charge in [-0.1, -0.05) is 24.1 Å². The largest absolute Gasteiger partial charge is 0.497 e. The normalized spacial score (nSPS) is 11.6. The second-order valence-electron chi connectivity index (χ2n) is 8.34. The average molecular weight is 496 g/mol. The van der Waals surface area contributed by atoms with Crippen molar-refractivity contribution in [3.05, 3.63) is 82.6 Å². The van der Waals surface area contributed by atoms with Crippen molar-refractivity contribution in [2.24, 2.45) is 0 Å². The molecule has 0 aliphatic heterocycles. The minimum absolute atomic E-state index is 0.00120. The van der Waals surface area contributed by atoms with E-state index in [0.717, 1.165) is 49.7 Å². The Morgan fingerprint density at radius 2 is 1.86 bits per heavy atom. The summed E-state index contributed by atoms with van der Waals surface area (Å²) in [6.07, 6.45) is 0.620. The molecule has 1 atom stereocenters. The maximum atomic E-state index is 6.07. The molecule has 180 valence electrons. The number of benzene rings is 2. The Hall–Kier alpha value is -4.22. The van der Waals surface area contributed by atoms with Gasteiger partial charge in [0.1, 0.15) is 23.9 Å². The van der Waals surface area contributed by atoms with Crippen LogP contribution in [0, 0.1) is 18.8 Å². The van der Waals surface area contributed by atoms with Crippen LogP contribution in [0.1, 0.15) is 35.5 Å². The van der Waals surface area contributed by atoms with Gasteiger partial charge in [0.15, 0.2) is 0 Å². The first-order valence-electron chi connectivity index (χ1n) is 11.5. The molecule has 3 heterocycles. The number of tetrazole rings is 1. The minimum Gasteiger partial charge on any atom is -0.497 e. The molecule has 0 bridgehead atoms. The van der Waals surface area contributed by atoms with Crippen molar-refractivity contribution in [2.75, 3.05) is 7.11 Å². The smallest absolute Gasteiger partial charge is 0.150 e. The molecule has 0 saturated heterocycles. The Kier molecular flexibility index (Phi) is 6.92. The van der Waals surface area contributed by atoms with Gasteiger partial charge in [-0.25, -0.2) is 10.1 Å². The number of hydrogen-bond acceptors (Lipinski definition) is 7. The zero-order valence-electron chi connectivity index (χ0n) is 20.3. The second-order valence-corrected chi connectivity index (χ2v) is 9.25. The fourth-order valence-electron chi connectivity index (χ4n) is 4.13. The number of rotatable bonds is 8. The third-order valence-corrected chi connectivity index (χ3v) is 6.91. The summed E-state index contributed by atoms with van der Waals surface area (Å²) in [6.45, 7) is 4.31. The van der Waals surface area contributed by atoms with Crippen molar-refractivity contribution in [3.63, 3.8) is 0 Å². The number of methoxy groups -OCH3 is 1. The SMILES string of the molecule is CC#C[C@@H](Cc1nnn[nH]1)c1ccc(OCc2ccc3scc(-c4ccc(OC)cc4C)c3n2)cc1. The number of nitrogens with one attached hydrogen (secondary N) is 1. The van der Waals surface area contributed by atoms with Crippen LogP contribution in [0.25, 0.3) is 21.3 Å². The van der Waals surface area contributed by atoms with Crippen molar-refractivity contribution in [1.29, 1.82) is 0 Å². The quantitative estimate of drug-likeness (QED) is 0.277. The summed E-state index contributed by atoms with van der Waals surface area (Å²) in [6, 6.07) is 18.3. The van der Waals surface area contributed by atoms with E-state index in [2.05, 4.69) is 63.0 Å². The highest BCUT2D eigenvalue weighted by molar-refractivity contribution is 7.17. The van der Waals surface area contributed by atoms with E-state index in [1.165, 1.54) is 0 Å². The number of aromatic nitrogens is 5. The number of fused-ring (bicyclic) bond motifs is 1. The summed E-state index contributed by atoms with van der Waals surface area (Å²) < 4.78 is 12.6. The number of H-pyrrole nitrogens is 1. The van der Waals surface area contributed by atoms with Crippen molar-refractivity contribution in [3.8, 4) is 34.5 Å². The third kappa shape index (κ3) is 5.07. The van der Waals surface area contributed by atoms with Crippen molar-refractivity contribution < 1.29 is 9.47 Å². The van der Waals surface area contributed by atoms with Gasteiger partial charge in [-0.15, -0.1) is 22.4 Å². The summed E-state index contributed by atoms with van der Waals surface area (Å²) in [7, 11) is 1.68. The summed E-state index contributed by atoms with van der Waals surface area (Å²) >= 11 is 1.70. The van der Waals surface area contributed by atoms with E-state index in [4.69, 9.17) is 14.5 Å². The van der Waals surface area contributed by atoms with Crippen LogP contribution < -0.4 is 9.47 Å². The van der Waals surface area contributed by atoms with Crippen molar-refractivity contribution in [1.82, 2.24) is 25.6 Å². The van der Waals surface area contributed by atoms with Crippen molar-refractivity contribution >= 4 is 21.6 Å². The molecule has 7 nitrogen and oxygen atoms in total. The molecule has 8 heteroatoms. The minimum atomic E-state index is 0.00120. The van der Waals surface area contributed by atoms with Crippen LogP contribution in [0.15, 0.2) is 60.0 Å². The molecule has 0 aliphatic rings. The summed E-state index contributed by atoms with van der Waals surface area (Å²) in [5.41, 5.74) is 6.41. The van der Waals surface area contributed by atoms with Gasteiger partial charge in [0.05, 0.1) is 28.9 Å². The molecule has 0 aliphatic carbocycles. The molecule has 3 aromatic heterocycles. The Bertz CT molecular complexity index is 1530. The van der Waals surface area contributed by atoms with Crippen LogP contribution >= 0.6 is 11.3 Å². The van der Waals surface area contributed by atoms with Crippen LogP contribution in [0.2, 0.25) is 0 Å². The van der Waals surface area contributed by atoms with Gasteiger partial charge < -0.3 is 9.47 Å². The maximum absolute atomic E-state index is 6.07. The molecular weight excluding hydrogens is 470 g/mol. The molecule has 5 rings (SSSR count). The van der Waals surface area contributed by atoms with E-state index in [9.17, 15) is 0 Å². The van der Waals surface area contributed by atoms with Gasteiger partial charge in [0.25, 0.3) is 0 Å². The zero-order chi connectivity index (χ0) is 24.9. The number of aryl methyl sites for hydroxylation is 1. The van der Waals surface area contributed by atoms with Crippen molar-refractivity contribution in [2.45, 2.75) is 32.8 Å². The molecule has 0 unspecified atom stereocenters. The number of nitrogens with zero attached hydrogens (tertiary/aromatic N) is 4. The first-order valence-corrected chi connectivity index (χ1v) is 12.4. The molecule has 36 heavy (non-hydrogen) atoms. The van der Waals surface area contributed by atoms with Gasteiger partial charge in [-0.05, 0) is 77.4 Å². The van der Waals surface area contributed by atoms with E-state index in [1.54, 1.807) is 18.4 Å². The number of ether oxygens (including phenoxy) is 2. The van der Waals surface area contributed by atoms with Gasteiger partial charge in [-0.3, -0.25) is 0 Å². The number of hydrogen-bond donors (Lipinski definition) is 1. The van der Waals surface area contributed by atoms with Gasteiger partial charge in [0, 0.05) is 17.4 Å². The predicted molar refractivity (Wildman–Crippen MR) is 141 cm³/mol. The zero-order valence-corrected chi connectivity index (χ0v) is 21.1. The van der Waals surface area contributed by atoms with Gasteiger partial charge >= 0.3 is 0 Å². The Balaban J connectivity index is 1.31. The topological polar surface area (TPSA) is 85.8 Å². The second kappa shape index (κ2) is 10.6. The van der Waals surface area contributed by atoms with E-state index < -0.39 is 0 Å². The Labute approximate surface area is 213 Å². The summed E-state index contributed by atoms with van der Waals surface area (Å²) in [5, 5.41) is 16.2. The molecule has 0 spiro atoms. The highest BCUT2D eigenvalue weighted by Crippen LogP contribution is 2.36. The molecule has 0 fully saturated rings. The van der Waals surface area contributed by atoms with Crippen LogP contribution in [0.3, 0.4) is 0 Å². The van der Waals surface area contributed by atoms with Gasteiger partial charge in [-0.2, -0.15) is 0 Å². The predicted octanol–water partition coefficient (Wildman–Crippen LogP) is 5.72. The summed E-state index contributed by atoms with van der Waals surface area (Å²) in [4.78, 5) is 4.94. The van der Waals surface area contributed by atoms with E-state index in [0.29, 0.717) is 18.9 Å². The lowest BCUT2D eigenvalue weighted by atomic mass is 9.96. The Morgan fingerprint density at radius 3 is 2.58 bits per heavy atom. The first-order chi connectivity index (χ1) is 17.6. The number of aromatic amines is 1. The van der Waals surface area contributed by atoms with Crippen LogP contribution in [0.4, 0.5) is 0 Å². The van der Waals surface area contributed by atoms with E-state index in [-0.39, 0.29) is 5.92 Å². The van der Waals surface area contributed by atoms with Gasteiger partial charge in [0.2, 0.25) is 0 Å². The molecular formula is C28H25N5O2S. The Morgan fingerprint density at radius 1 is 1.03 bits per heavy atom. The van der Waals surface area contributed by atoms with Crippen LogP contribution in [-0.4, -0.2) is 32.7 Å². The first kappa shape index (κ1) is 23.5. The van der Waals surface area contributed by atoms with E-state index in [1.807, 2.05) is 43.3 Å². The summed E-state index contributed by atoms with van der Waals surface area (Å²) in [5.74, 6) is 8.58.